The molecule has 4 unspecified atom stereocenters. The van der Waals surface area contributed by atoms with Gasteiger partial charge in [0.15, 0.2) is 0 Å². The van der Waals surface area contributed by atoms with Gasteiger partial charge in [-0.05, 0) is 73.0 Å². The van der Waals surface area contributed by atoms with Crippen molar-refractivity contribution in [1.29, 1.82) is 0 Å². The van der Waals surface area contributed by atoms with Crippen molar-refractivity contribution < 1.29 is 4.79 Å². The van der Waals surface area contributed by atoms with Gasteiger partial charge in [-0.25, -0.2) is 0 Å². The summed E-state index contributed by atoms with van der Waals surface area (Å²) >= 11 is 0. The van der Waals surface area contributed by atoms with E-state index in [1.807, 2.05) is 6.20 Å². The third-order valence-corrected chi connectivity index (χ3v) is 6.94. The second kappa shape index (κ2) is 6.26. The Hall–Kier alpha value is -2.10. The molecule has 4 nitrogen and oxygen atoms in total. The van der Waals surface area contributed by atoms with Crippen LogP contribution in [0.25, 0.3) is 0 Å². The van der Waals surface area contributed by atoms with Crippen LogP contribution < -0.4 is 5.32 Å². The van der Waals surface area contributed by atoms with Gasteiger partial charge in [-0.3, -0.25) is 9.89 Å². The summed E-state index contributed by atoms with van der Waals surface area (Å²) in [4.78, 5) is 13.2. The van der Waals surface area contributed by atoms with Crippen LogP contribution >= 0.6 is 0 Å². The minimum absolute atomic E-state index is 0.0683. The highest BCUT2D eigenvalue weighted by Crippen LogP contribution is 2.41. The zero-order valence-corrected chi connectivity index (χ0v) is 15.4. The minimum atomic E-state index is -0.0683. The predicted octanol–water partition coefficient (Wildman–Crippen LogP) is 3.39. The quantitative estimate of drug-likeness (QED) is 0.873. The van der Waals surface area contributed by atoms with Gasteiger partial charge >= 0.3 is 0 Å². The van der Waals surface area contributed by atoms with Crippen molar-refractivity contribution in [1.82, 2.24) is 15.5 Å². The van der Waals surface area contributed by atoms with Crippen LogP contribution in [0.4, 0.5) is 0 Å². The number of carbonyl (C=O) groups is 1. The molecule has 0 aliphatic heterocycles. The predicted molar refractivity (Wildman–Crippen MR) is 101 cm³/mol. The van der Waals surface area contributed by atoms with Gasteiger partial charge in [0.25, 0.3) is 0 Å². The maximum absolute atomic E-state index is 13.2. The van der Waals surface area contributed by atoms with Crippen molar-refractivity contribution in [2.45, 2.75) is 57.4 Å². The van der Waals surface area contributed by atoms with Gasteiger partial charge in [0.1, 0.15) is 0 Å². The number of aromatic amines is 1. The Balaban J connectivity index is 1.37. The molecule has 5 rings (SSSR count). The number of hydrogen-bond acceptors (Lipinski definition) is 2. The SMILES string of the molecule is CC1Cc2cn[nH]c2C(C(=O)NC2C3CCC2Cc2ccccc2C3)C1. The third-order valence-electron chi connectivity index (χ3n) is 6.94. The lowest BCUT2D eigenvalue weighted by Crippen LogP contribution is -2.45. The first-order valence-corrected chi connectivity index (χ1v) is 10.1. The first-order valence-electron chi connectivity index (χ1n) is 10.1. The van der Waals surface area contributed by atoms with Gasteiger partial charge in [0, 0.05) is 6.04 Å². The Kier molecular flexibility index (Phi) is 3.87. The zero-order chi connectivity index (χ0) is 17.7. The Morgan fingerprint density at radius 1 is 1.08 bits per heavy atom. The molecule has 0 saturated heterocycles. The van der Waals surface area contributed by atoms with Crippen molar-refractivity contribution in [3.8, 4) is 0 Å². The van der Waals surface area contributed by atoms with Crippen LogP contribution in [0.1, 0.15) is 54.5 Å². The third kappa shape index (κ3) is 2.67. The minimum Gasteiger partial charge on any atom is -0.352 e. The van der Waals surface area contributed by atoms with Crippen LogP contribution in [-0.4, -0.2) is 22.1 Å². The lowest BCUT2D eigenvalue weighted by Gasteiger charge is -2.30. The Bertz CT molecular complexity index is 793. The van der Waals surface area contributed by atoms with E-state index in [4.69, 9.17) is 0 Å². The maximum atomic E-state index is 13.2. The monoisotopic (exact) mass is 349 g/mol. The second-order valence-corrected chi connectivity index (χ2v) is 8.72. The summed E-state index contributed by atoms with van der Waals surface area (Å²) < 4.78 is 0. The van der Waals surface area contributed by atoms with Gasteiger partial charge in [-0.2, -0.15) is 5.10 Å². The van der Waals surface area contributed by atoms with E-state index in [9.17, 15) is 4.79 Å². The molecule has 3 aliphatic rings. The number of rotatable bonds is 2. The Morgan fingerprint density at radius 3 is 2.46 bits per heavy atom. The van der Waals surface area contributed by atoms with Crippen LogP contribution in [-0.2, 0) is 24.1 Å². The number of hydrogen-bond donors (Lipinski definition) is 2. The molecule has 4 atom stereocenters. The smallest absolute Gasteiger partial charge is 0.229 e. The summed E-state index contributed by atoms with van der Waals surface area (Å²) in [5.74, 6) is 1.83. The summed E-state index contributed by atoms with van der Waals surface area (Å²) in [7, 11) is 0. The van der Waals surface area contributed by atoms with Crippen molar-refractivity contribution in [3.63, 3.8) is 0 Å². The van der Waals surface area contributed by atoms with E-state index >= 15 is 0 Å². The molecule has 0 radical (unpaired) electrons. The fraction of sp³-hybridized carbons (Fsp3) is 0.545. The van der Waals surface area contributed by atoms with Gasteiger partial charge in [0.05, 0.1) is 17.8 Å². The van der Waals surface area contributed by atoms with Crippen LogP contribution in [0.3, 0.4) is 0 Å². The Labute approximate surface area is 154 Å². The van der Waals surface area contributed by atoms with Crippen LogP contribution in [0.15, 0.2) is 30.5 Å². The molecule has 1 amide bonds. The molecule has 0 spiro atoms. The molecule has 2 N–H and O–H groups in total. The van der Waals surface area contributed by atoms with Gasteiger partial charge < -0.3 is 5.32 Å². The normalized spacial score (nSPS) is 32.4. The fourth-order valence-electron chi connectivity index (χ4n) is 5.65. The molecule has 2 aromatic rings. The largest absolute Gasteiger partial charge is 0.352 e. The van der Waals surface area contributed by atoms with Gasteiger partial charge in [-0.15, -0.1) is 0 Å². The summed E-state index contributed by atoms with van der Waals surface area (Å²) in [6.07, 6.45) is 8.53. The summed E-state index contributed by atoms with van der Waals surface area (Å²) in [5, 5.41) is 10.8. The van der Waals surface area contributed by atoms with E-state index in [1.165, 1.54) is 29.5 Å². The highest BCUT2D eigenvalue weighted by molar-refractivity contribution is 5.84. The molecule has 1 aromatic carbocycles. The molecule has 26 heavy (non-hydrogen) atoms. The number of aromatic nitrogens is 2. The van der Waals surface area contributed by atoms with Crippen molar-refractivity contribution in [2.75, 3.05) is 0 Å². The molecule has 4 heteroatoms. The molecule has 1 fully saturated rings. The number of benzene rings is 1. The van der Waals surface area contributed by atoms with E-state index in [2.05, 4.69) is 46.7 Å². The lowest BCUT2D eigenvalue weighted by molar-refractivity contribution is -0.124. The van der Waals surface area contributed by atoms with Crippen molar-refractivity contribution in [2.24, 2.45) is 17.8 Å². The Morgan fingerprint density at radius 2 is 1.77 bits per heavy atom. The fourth-order valence-corrected chi connectivity index (χ4v) is 5.65. The molecule has 2 bridgehead atoms. The van der Waals surface area contributed by atoms with E-state index in [-0.39, 0.29) is 11.8 Å². The number of fused-ring (bicyclic) bond motifs is 4. The second-order valence-electron chi connectivity index (χ2n) is 8.72. The summed E-state index contributed by atoms with van der Waals surface area (Å²) in [6.45, 7) is 2.24. The maximum Gasteiger partial charge on any atom is 0.229 e. The highest BCUT2D eigenvalue weighted by Gasteiger charge is 2.41. The average molecular weight is 349 g/mol. The average Bonchev–Trinajstić information content (AvgIpc) is 3.18. The number of amides is 1. The van der Waals surface area contributed by atoms with Crippen LogP contribution in [0.2, 0.25) is 0 Å². The highest BCUT2D eigenvalue weighted by atomic mass is 16.2. The van der Waals surface area contributed by atoms with E-state index in [0.29, 0.717) is 23.8 Å². The lowest BCUT2D eigenvalue weighted by atomic mass is 9.80. The first kappa shape index (κ1) is 16.1. The van der Waals surface area contributed by atoms with Gasteiger partial charge in [0.2, 0.25) is 5.91 Å². The van der Waals surface area contributed by atoms with E-state index in [1.54, 1.807) is 0 Å². The number of nitrogens with zero attached hydrogens (tertiary/aromatic N) is 1. The molecule has 1 aromatic heterocycles. The molecule has 3 aliphatic carbocycles. The number of carbonyl (C=O) groups excluding carboxylic acids is 1. The molecular weight excluding hydrogens is 322 g/mol. The van der Waals surface area contributed by atoms with E-state index < -0.39 is 0 Å². The summed E-state index contributed by atoms with van der Waals surface area (Å²) in [6, 6.07) is 9.16. The van der Waals surface area contributed by atoms with Crippen LogP contribution in [0.5, 0.6) is 0 Å². The molecule has 136 valence electrons. The molecule has 1 heterocycles. The molecular formula is C22H27N3O. The molecule has 1 saturated carbocycles. The standard InChI is InChI=1S/C22H27N3O/c1-13-8-18-12-23-25-21(18)19(9-13)22(26)24-20-16-6-7-17(20)11-15-5-3-2-4-14(15)10-16/h2-5,12-13,16-17,19-20H,6-11H2,1H3,(H,23,25)(H,24,26). The van der Waals surface area contributed by atoms with Gasteiger partial charge in [-0.1, -0.05) is 31.2 Å². The van der Waals surface area contributed by atoms with Crippen molar-refractivity contribution in [3.05, 3.63) is 52.8 Å². The van der Waals surface area contributed by atoms with E-state index in [0.717, 1.165) is 31.4 Å². The first-order chi connectivity index (χ1) is 12.7. The number of nitrogens with one attached hydrogen (secondary N) is 2. The zero-order valence-electron chi connectivity index (χ0n) is 15.4. The summed E-state index contributed by atoms with van der Waals surface area (Å²) in [5.41, 5.74) is 5.24. The number of H-pyrrole nitrogens is 1. The topological polar surface area (TPSA) is 57.8 Å². The van der Waals surface area contributed by atoms with Crippen molar-refractivity contribution >= 4 is 5.91 Å². The van der Waals surface area contributed by atoms with Crippen LogP contribution in [0, 0.1) is 17.8 Å².